The van der Waals surface area contributed by atoms with Gasteiger partial charge < -0.3 is 26.2 Å². The number of hydrogen-bond donors (Lipinski definition) is 3. The maximum Gasteiger partial charge on any atom is 0.268 e. The normalized spacial score (nSPS) is 14.5. The Hall–Kier alpha value is -3.55. The predicted molar refractivity (Wildman–Crippen MR) is 164 cm³/mol. The monoisotopic (exact) mass is 547 g/mol. The molecule has 1 amide bonds. The predicted octanol–water partition coefficient (Wildman–Crippen LogP) is 6.99. The number of rotatable bonds is 8. The molecule has 3 aromatic rings. The summed E-state index contributed by atoms with van der Waals surface area (Å²) in [4.78, 5) is 16.4. The Morgan fingerprint density at radius 3 is 2.44 bits per heavy atom. The minimum Gasteiger partial charge on any atom is -0.506 e. The van der Waals surface area contributed by atoms with Crippen molar-refractivity contribution in [2.75, 3.05) is 14.2 Å². The van der Waals surface area contributed by atoms with E-state index < -0.39 is 0 Å². The molecule has 0 spiro atoms. The van der Waals surface area contributed by atoms with Crippen molar-refractivity contribution < 1.29 is 14.6 Å². The number of carbonyl (C=O) groups excluding carboxylic acids is 1. The van der Waals surface area contributed by atoms with Crippen LogP contribution in [-0.4, -0.2) is 36.1 Å². The van der Waals surface area contributed by atoms with E-state index in [0.717, 1.165) is 63.8 Å². The summed E-state index contributed by atoms with van der Waals surface area (Å²) in [7, 11) is 3.15. The minimum absolute atomic E-state index is 0.0727. The van der Waals surface area contributed by atoms with Gasteiger partial charge >= 0.3 is 0 Å². The van der Waals surface area contributed by atoms with Crippen molar-refractivity contribution >= 4 is 32.9 Å². The van der Waals surface area contributed by atoms with Crippen molar-refractivity contribution in [1.29, 1.82) is 0 Å². The third-order valence-electron chi connectivity index (χ3n) is 6.94. The van der Waals surface area contributed by atoms with Crippen molar-refractivity contribution in [3.63, 3.8) is 0 Å². The fourth-order valence-electron chi connectivity index (χ4n) is 5.02. The van der Waals surface area contributed by atoms with Crippen LogP contribution in [0, 0.1) is 0 Å². The van der Waals surface area contributed by atoms with E-state index in [1.165, 1.54) is 24.8 Å². The standard InChI is InChI=1S/C31H36N2O3S.CH5N/c1-20(2)25(16-14-21(3)32)22-15-17-27(36-4)23(18-22)19-33(24-10-6-5-7-11-24)31(35)30-29(34)26-12-8-9-13-28(26)37-30;1-2/h8-9,12-18,24,34H,1,5-7,10-11,19,32H2,2-4H3;2H2,1H3/b21-14+,25-16+;. The van der Waals surface area contributed by atoms with Gasteiger partial charge in [-0.1, -0.05) is 55.7 Å². The minimum atomic E-state index is -0.129. The molecular formula is C32H41N3O3S. The van der Waals surface area contributed by atoms with Gasteiger partial charge in [-0.25, -0.2) is 0 Å². The lowest BCUT2D eigenvalue weighted by atomic mass is 9.93. The molecule has 1 aliphatic rings. The second-order valence-corrected chi connectivity index (χ2v) is 10.9. The van der Waals surface area contributed by atoms with Crippen LogP contribution in [0.3, 0.4) is 0 Å². The Morgan fingerprint density at radius 1 is 1.13 bits per heavy atom. The van der Waals surface area contributed by atoms with Crippen LogP contribution in [0.5, 0.6) is 11.5 Å². The third kappa shape index (κ3) is 7.11. The fourth-order valence-corrected chi connectivity index (χ4v) is 6.07. The van der Waals surface area contributed by atoms with Gasteiger partial charge in [-0.15, -0.1) is 11.3 Å². The molecular weight excluding hydrogens is 506 g/mol. The highest BCUT2D eigenvalue weighted by molar-refractivity contribution is 7.21. The van der Waals surface area contributed by atoms with E-state index in [2.05, 4.69) is 18.4 Å². The molecule has 0 aliphatic heterocycles. The van der Waals surface area contributed by atoms with Crippen LogP contribution >= 0.6 is 11.3 Å². The van der Waals surface area contributed by atoms with E-state index in [9.17, 15) is 9.90 Å². The molecule has 1 fully saturated rings. The zero-order chi connectivity index (χ0) is 28.5. The van der Waals surface area contributed by atoms with Gasteiger partial charge in [-0.3, -0.25) is 4.79 Å². The molecule has 5 N–H and O–H groups in total. The molecule has 0 saturated heterocycles. The van der Waals surface area contributed by atoms with Crippen molar-refractivity contribution in [3.8, 4) is 11.5 Å². The number of nitrogens with two attached hydrogens (primary N) is 2. The van der Waals surface area contributed by atoms with Crippen LogP contribution in [0.2, 0.25) is 0 Å². The Kier molecular flexibility index (Phi) is 10.8. The van der Waals surface area contributed by atoms with Gasteiger partial charge in [-0.05, 0) is 75.2 Å². The average Bonchev–Trinajstić information content (AvgIpc) is 3.29. The van der Waals surface area contributed by atoms with Crippen molar-refractivity contribution in [3.05, 3.63) is 88.5 Å². The Labute approximate surface area is 236 Å². The summed E-state index contributed by atoms with van der Waals surface area (Å²) >= 11 is 1.35. The number of fused-ring (bicyclic) bond motifs is 1. The van der Waals surface area contributed by atoms with Gasteiger partial charge in [0, 0.05) is 33.9 Å². The van der Waals surface area contributed by atoms with Gasteiger partial charge in [0.2, 0.25) is 0 Å². The Balaban J connectivity index is 0.00000205. The van der Waals surface area contributed by atoms with E-state index in [1.807, 2.05) is 67.3 Å². The topological polar surface area (TPSA) is 102 Å². The van der Waals surface area contributed by atoms with E-state index in [0.29, 0.717) is 17.1 Å². The maximum absolute atomic E-state index is 14.0. The van der Waals surface area contributed by atoms with E-state index in [-0.39, 0.29) is 17.7 Å². The first-order valence-corrected chi connectivity index (χ1v) is 14.2. The molecule has 7 heteroatoms. The lowest BCUT2D eigenvalue weighted by molar-refractivity contribution is 0.0615. The van der Waals surface area contributed by atoms with Crippen LogP contribution in [0.25, 0.3) is 15.7 Å². The summed E-state index contributed by atoms with van der Waals surface area (Å²) in [5, 5.41) is 11.7. The first-order valence-electron chi connectivity index (χ1n) is 13.4. The first kappa shape index (κ1) is 30.0. The van der Waals surface area contributed by atoms with E-state index in [1.54, 1.807) is 7.11 Å². The van der Waals surface area contributed by atoms with Gasteiger partial charge in [0.25, 0.3) is 5.91 Å². The average molecular weight is 548 g/mol. The van der Waals surface area contributed by atoms with Crippen LogP contribution in [-0.2, 0) is 6.54 Å². The molecule has 1 heterocycles. The summed E-state index contributed by atoms with van der Waals surface area (Å²) in [6.45, 7) is 8.37. The number of nitrogens with zero attached hydrogens (tertiary/aromatic N) is 1. The van der Waals surface area contributed by atoms with Gasteiger partial charge in [0.1, 0.15) is 16.4 Å². The third-order valence-corrected chi connectivity index (χ3v) is 8.09. The number of carbonyl (C=O) groups is 1. The zero-order valence-corrected chi connectivity index (χ0v) is 24.3. The zero-order valence-electron chi connectivity index (χ0n) is 23.5. The number of allylic oxidation sites excluding steroid dienone is 5. The molecule has 0 unspecified atom stereocenters. The van der Waals surface area contributed by atoms with Crippen LogP contribution < -0.4 is 16.2 Å². The molecule has 1 aliphatic carbocycles. The molecule has 6 nitrogen and oxygen atoms in total. The van der Waals surface area contributed by atoms with Gasteiger partial charge in [0.15, 0.2) is 0 Å². The molecule has 0 atom stereocenters. The Morgan fingerprint density at radius 2 is 1.82 bits per heavy atom. The number of benzene rings is 2. The number of ether oxygens (including phenoxy) is 1. The molecule has 4 rings (SSSR count). The van der Waals surface area contributed by atoms with E-state index >= 15 is 0 Å². The second kappa shape index (κ2) is 14.0. The summed E-state index contributed by atoms with van der Waals surface area (Å²) in [6, 6.07) is 13.7. The molecule has 0 bridgehead atoms. The van der Waals surface area contributed by atoms with Crippen LogP contribution in [0.1, 0.15) is 66.8 Å². The number of hydrogen-bond acceptors (Lipinski definition) is 6. The first-order chi connectivity index (χ1) is 18.8. The number of thiophene rings is 1. The largest absolute Gasteiger partial charge is 0.506 e. The van der Waals surface area contributed by atoms with Crippen LogP contribution in [0.15, 0.2) is 72.5 Å². The number of methoxy groups -OCH3 is 1. The highest BCUT2D eigenvalue weighted by Crippen LogP contribution is 2.39. The van der Waals surface area contributed by atoms with Crippen molar-refractivity contribution in [2.45, 2.75) is 58.5 Å². The van der Waals surface area contributed by atoms with Crippen molar-refractivity contribution in [2.24, 2.45) is 11.5 Å². The highest BCUT2D eigenvalue weighted by atomic mass is 32.1. The Bertz CT molecular complexity index is 1360. The molecule has 0 radical (unpaired) electrons. The lowest BCUT2D eigenvalue weighted by Crippen LogP contribution is -2.40. The van der Waals surface area contributed by atoms with Crippen LogP contribution in [0.4, 0.5) is 0 Å². The number of aromatic hydroxyl groups is 1. The summed E-state index contributed by atoms with van der Waals surface area (Å²) in [6.07, 6.45) is 9.13. The summed E-state index contributed by atoms with van der Waals surface area (Å²) in [5.74, 6) is 0.670. The SMILES string of the molecule is C=C(C)/C(=C\C=C(/C)N)c1ccc(OC)c(CN(C(=O)c2sc3ccccc3c2O)C2CCCCC2)c1.CN. The fraction of sp³-hybridized carbons (Fsp3) is 0.344. The smallest absolute Gasteiger partial charge is 0.268 e. The highest BCUT2D eigenvalue weighted by Gasteiger charge is 2.30. The molecule has 39 heavy (non-hydrogen) atoms. The lowest BCUT2D eigenvalue weighted by Gasteiger charge is -2.34. The summed E-state index contributed by atoms with van der Waals surface area (Å²) in [5.41, 5.74) is 14.9. The molecule has 2 aromatic carbocycles. The second-order valence-electron chi connectivity index (χ2n) is 9.80. The summed E-state index contributed by atoms with van der Waals surface area (Å²) < 4.78 is 6.63. The molecule has 208 valence electrons. The van der Waals surface area contributed by atoms with Gasteiger partial charge in [0.05, 0.1) is 7.11 Å². The quantitative estimate of drug-likeness (QED) is 0.264. The molecule has 1 saturated carbocycles. The maximum atomic E-state index is 14.0. The number of amides is 1. The van der Waals surface area contributed by atoms with E-state index in [4.69, 9.17) is 10.5 Å². The van der Waals surface area contributed by atoms with Gasteiger partial charge in [-0.2, -0.15) is 0 Å². The molecule has 1 aromatic heterocycles. The van der Waals surface area contributed by atoms with Crippen molar-refractivity contribution in [1.82, 2.24) is 4.90 Å².